The molecule has 0 radical (unpaired) electrons. The molecule has 2 aromatic rings. The van der Waals surface area contributed by atoms with Gasteiger partial charge in [0, 0.05) is 13.0 Å². The van der Waals surface area contributed by atoms with E-state index in [0.717, 1.165) is 11.1 Å². The SMILES string of the molecule is CCCC(=O)N1c2ccc(-c3ccc(S(=O)(=O)CC(C)C)cc3)cc2N(C(=O)O)C[C@@H]1C. The van der Waals surface area contributed by atoms with Crippen molar-refractivity contribution < 1.29 is 23.1 Å². The van der Waals surface area contributed by atoms with Gasteiger partial charge in [-0.25, -0.2) is 13.2 Å². The van der Waals surface area contributed by atoms with Crippen LogP contribution in [0.4, 0.5) is 16.2 Å². The van der Waals surface area contributed by atoms with Crippen LogP contribution in [0.2, 0.25) is 0 Å². The van der Waals surface area contributed by atoms with Gasteiger partial charge in [-0.3, -0.25) is 9.69 Å². The average Bonchev–Trinajstić information content (AvgIpc) is 2.72. The molecule has 1 aliphatic heterocycles. The molecule has 0 spiro atoms. The number of carbonyl (C=O) groups is 2. The van der Waals surface area contributed by atoms with Gasteiger partial charge < -0.3 is 10.0 Å². The minimum absolute atomic E-state index is 0.0289. The maximum absolute atomic E-state index is 12.7. The summed E-state index contributed by atoms with van der Waals surface area (Å²) in [7, 11) is -3.35. The Labute approximate surface area is 189 Å². The maximum Gasteiger partial charge on any atom is 0.411 e. The molecule has 7 nitrogen and oxygen atoms in total. The van der Waals surface area contributed by atoms with E-state index in [1.54, 1.807) is 41.3 Å². The van der Waals surface area contributed by atoms with E-state index in [1.807, 2.05) is 33.8 Å². The summed E-state index contributed by atoms with van der Waals surface area (Å²) >= 11 is 0. The van der Waals surface area contributed by atoms with E-state index in [2.05, 4.69) is 0 Å². The first kappa shape index (κ1) is 23.8. The number of carboxylic acid groups (broad SMARTS) is 1. The van der Waals surface area contributed by atoms with Gasteiger partial charge in [-0.15, -0.1) is 0 Å². The van der Waals surface area contributed by atoms with Crippen molar-refractivity contribution in [2.24, 2.45) is 5.92 Å². The van der Waals surface area contributed by atoms with Gasteiger partial charge in [-0.05, 0) is 54.7 Å². The lowest BCUT2D eigenvalue weighted by Gasteiger charge is -2.40. The molecule has 1 heterocycles. The summed E-state index contributed by atoms with van der Waals surface area (Å²) in [5.41, 5.74) is 2.55. The van der Waals surface area contributed by atoms with E-state index < -0.39 is 15.9 Å². The molecule has 0 saturated carbocycles. The van der Waals surface area contributed by atoms with E-state index >= 15 is 0 Å². The second-order valence-electron chi connectivity index (χ2n) is 8.66. The van der Waals surface area contributed by atoms with Crippen molar-refractivity contribution in [3.05, 3.63) is 42.5 Å². The summed E-state index contributed by atoms with van der Waals surface area (Å²) in [4.78, 5) is 27.8. The number of amides is 2. The molecule has 0 fully saturated rings. The number of rotatable bonds is 6. The molecule has 1 N–H and O–H groups in total. The average molecular weight is 459 g/mol. The van der Waals surface area contributed by atoms with E-state index in [9.17, 15) is 23.1 Å². The third-order valence-corrected chi connectivity index (χ3v) is 7.57. The Morgan fingerprint density at radius 3 is 2.25 bits per heavy atom. The Morgan fingerprint density at radius 1 is 1.06 bits per heavy atom. The zero-order valence-corrected chi connectivity index (χ0v) is 19.7. The summed E-state index contributed by atoms with van der Waals surface area (Å²) < 4.78 is 24.9. The van der Waals surface area contributed by atoms with Crippen LogP contribution in [0.5, 0.6) is 0 Å². The largest absolute Gasteiger partial charge is 0.465 e. The van der Waals surface area contributed by atoms with Gasteiger partial charge in [0.2, 0.25) is 5.91 Å². The van der Waals surface area contributed by atoms with Crippen molar-refractivity contribution in [1.29, 1.82) is 0 Å². The van der Waals surface area contributed by atoms with Crippen molar-refractivity contribution in [2.45, 2.75) is 51.5 Å². The van der Waals surface area contributed by atoms with Gasteiger partial charge in [0.15, 0.2) is 9.84 Å². The minimum Gasteiger partial charge on any atom is -0.465 e. The number of nitrogens with zero attached hydrogens (tertiary/aromatic N) is 2. The molecule has 0 saturated heterocycles. The molecule has 1 atom stereocenters. The fourth-order valence-electron chi connectivity index (χ4n) is 4.09. The van der Waals surface area contributed by atoms with Gasteiger partial charge in [0.05, 0.1) is 28.1 Å². The Morgan fingerprint density at radius 2 is 1.69 bits per heavy atom. The van der Waals surface area contributed by atoms with Gasteiger partial charge in [-0.2, -0.15) is 0 Å². The Kier molecular flexibility index (Phi) is 6.93. The number of carbonyl (C=O) groups excluding carboxylic acids is 1. The summed E-state index contributed by atoms with van der Waals surface area (Å²) in [6.07, 6.45) is 0.0303. The smallest absolute Gasteiger partial charge is 0.411 e. The highest BCUT2D eigenvalue weighted by Crippen LogP contribution is 2.39. The second kappa shape index (κ2) is 9.32. The topological polar surface area (TPSA) is 95.0 Å². The van der Waals surface area contributed by atoms with Crippen LogP contribution in [-0.2, 0) is 14.6 Å². The number of fused-ring (bicyclic) bond motifs is 1. The van der Waals surface area contributed by atoms with Crippen molar-refractivity contribution in [1.82, 2.24) is 0 Å². The van der Waals surface area contributed by atoms with E-state index in [4.69, 9.17) is 0 Å². The van der Waals surface area contributed by atoms with Crippen LogP contribution in [0.25, 0.3) is 11.1 Å². The summed E-state index contributed by atoms with van der Waals surface area (Å²) in [5, 5.41) is 9.75. The van der Waals surface area contributed by atoms with E-state index in [0.29, 0.717) is 24.2 Å². The number of sulfone groups is 1. The lowest BCUT2D eigenvalue weighted by Crippen LogP contribution is -2.51. The van der Waals surface area contributed by atoms with Gasteiger partial charge >= 0.3 is 6.09 Å². The van der Waals surface area contributed by atoms with Crippen LogP contribution in [0.1, 0.15) is 40.5 Å². The number of hydrogen-bond acceptors (Lipinski definition) is 4. The van der Waals surface area contributed by atoms with Gasteiger partial charge in [0.1, 0.15) is 0 Å². The monoisotopic (exact) mass is 458 g/mol. The first-order valence-corrected chi connectivity index (χ1v) is 12.5. The first-order chi connectivity index (χ1) is 15.0. The normalized spacial score (nSPS) is 16.2. The van der Waals surface area contributed by atoms with Crippen molar-refractivity contribution in [3.63, 3.8) is 0 Å². The van der Waals surface area contributed by atoms with Crippen LogP contribution in [-0.4, -0.2) is 43.9 Å². The molecule has 3 rings (SSSR count). The zero-order chi connectivity index (χ0) is 23.6. The highest BCUT2D eigenvalue weighted by molar-refractivity contribution is 7.91. The number of hydrogen-bond donors (Lipinski definition) is 1. The molecule has 0 aromatic heterocycles. The predicted octanol–water partition coefficient (Wildman–Crippen LogP) is 4.80. The Bertz CT molecular complexity index is 1110. The number of anilines is 2. The molecule has 172 valence electrons. The molecule has 1 aliphatic rings. The summed E-state index contributed by atoms with van der Waals surface area (Å²) in [6, 6.07) is 11.7. The van der Waals surface area contributed by atoms with Gasteiger partial charge in [0.25, 0.3) is 0 Å². The zero-order valence-electron chi connectivity index (χ0n) is 18.9. The predicted molar refractivity (Wildman–Crippen MR) is 126 cm³/mol. The van der Waals surface area contributed by atoms with Gasteiger partial charge in [-0.1, -0.05) is 39.0 Å². The standard InChI is InChI=1S/C24H30N2O5S/c1-5-6-23(27)26-17(4)14-25(24(28)29)22-13-19(9-12-21(22)26)18-7-10-20(11-8-18)32(30,31)15-16(2)3/h7-13,16-17H,5-6,14-15H2,1-4H3,(H,28,29)/t17-/m0/s1. The molecule has 2 aromatic carbocycles. The maximum atomic E-state index is 12.7. The first-order valence-electron chi connectivity index (χ1n) is 10.8. The molecular formula is C24H30N2O5S. The Balaban J connectivity index is 2.01. The fourth-order valence-corrected chi connectivity index (χ4v) is 5.71. The molecule has 0 unspecified atom stereocenters. The fraction of sp³-hybridized carbons (Fsp3) is 0.417. The summed E-state index contributed by atoms with van der Waals surface area (Å²) in [6.45, 7) is 7.70. The minimum atomic E-state index is -3.35. The Hall–Kier alpha value is -2.87. The molecule has 0 aliphatic carbocycles. The molecule has 2 amide bonds. The van der Waals surface area contributed by atoms with E-state index in [-0.39, 0.29) is 35.1 Å². The quantitative estimate of drug-likeness (QED) is 0.671. The highest BCUT2D eigenvalue weighted by Gasteiger charge is 2.34. The van der Waals surface area contributed by atoms with Crippen LogP contribution in [0.15, 0.2) is 47.4 Å². The molecular weight excluding hydrogens is 428 g/mol. The lowest BCUT2D eigenvalue weighted by molar-refractivity contribution is -0.119. The second-order valence-corrected chi connectivity index (χ2v) is 10.7. The molecule has 0 bridgehead atoms. The third-order valence-electron chi connectivity index (χ3n) is 5.48. The van der Waals surface area contributed by atoms with Crippen LogP contribution in [0, 0.1) is 5.92 Å². The summed E-state index contributed by atoms with van der Waals surface area (Å²) in [5.74, 6) is 0.0836. The highest BCUT2D eigenvalue weighted by atomic mass is 32.2. The van der Waals surface area contributed by atoms with Crippen LogP contribution < -0.4 is 9.80 Å². The molecule has 32 heavy (non-hydrogen) atoms. The third kappa shape index (κ3) is 4.80. The van der Waals surface area contributed by atoms with Crippen molar-refractivity contribution in [3.8, 4) is 11.1 Å². The van der Waals surface area contributed by atoms with Crippen molar-refractivity contribution in [2.75, 3.05) is 22.1 Å². The van der Waals surface area contributed by atoms with Crippen LogP contribution in [0.3, 0.4) is 0 Å². The molecule has 8 heteroatoms. The van der Waals surface area contributed by atoms with E-state index in [1.165, 1.54) is 4.90 Å². The van der Waals surface area contributed by atoms with Crippen LogP contribution >= 0.6 is 0 Å². The van der Waals surface area contributed by atoms with Crippen molar-refractivity contribution >= 4 is 33.2 Å². The lowest BCUT2D eigenvalue weighted by atomic mass is 10.0. The number of benzene rings is 2.